The van der Waals surface area contributed by atoms with Crippen LogP contribution in [0.3, 0.4) is 0 Å². The fraction of sp³-hybridized carbons (Fsp3) is 0.444. The van der Waals surface area contributed by atoms with Crippen LogP contribution in [0.5, 0.6) is 0 Å². The second-order valence-corrected chi connectivity index (χ2v) is 3.76. The number of aromatic amines is 1. The van der Waals surface area contributed by atoms with Gasteiger partial charge in [0.1, 0.15) is 22.3 Å². The van der Waals surface area contributed by atoms with Gasteiger partial charge >= 0.3 is 0 Å². The maximum absolute atomic E-state index is 8.94. The molecule has 2 heterocycles. The first-order valence-electron chi connectivity index (χ1n) is 4.85. The van der Waals surface area contributed by atoms with Gasteiger partial charge in [0.05, 0.1) is 13.2 Å². The van der Waals surface area contributed by atoms with Gasteiger partial charge in [0.25, 0.3) is 0 Å². The van der Waals surface area contributed by atoms with E-state index < -0.39 is 0 Å². The lowest BCUT2D eigenvalue weighted by Crippen LogP contribution is -2.40. The predicted molar refractivity (Wildman–Crippen MR) is 61.8 cm³/mol. The van der Waals surface area contributed by atoms with Crippen molar-refractivity contribution in [2.24, 2.45) is 0 Å². The maximum Gasteiger partial charge on any atom is 0.163 e. The van der Waals surface area contributed by atoms with E-state index in [-0.39, 0.29) is 5.82 Å². The Morgan fingerprint density at radius 3 is 2.88 bits per heavy atom. The van der Waals surface area contributed by atoms with Crippen LogP contribution in [0.1, 0.15) is 11.3 Å². The van der Waals surface area contributed by atoms with Crippen molar-refractivity contribution in [1.82, 2.24) is 15.1 Å². The molecular weight excluding hydrogens is 226 g/mol. The monoisotopic (exact) mass is 237 g/mol. The van der Waals surface area contributed by atoms with Gasteiger partial charge in [0, 0.05) is 13.1 Å². The van der Waals surface area contributed by atoms with Crippen LogP contribution >= 0.6 is 12.2 Å². The number of nitrogen functional groups attached to an aromatic ring is 1. The van der Waals surface area contributed by atoms with E-state index in [4.69, 9.17) is 28.0 Å². The molecule has 1 aliphatic rings. The summed E-state index contributed by atoms with van der Waals surface area (Å²) in [5, 5.41) is 15.4. The number of H-pyrrole nitrogens is 1. The normalized spacial score (nSPS) is 15.8. The van der Waals surface area contributed by atoms with Crippen molar-refractivity contribution >= 4 is 23.0 Å². The molecule has 0 atom stereocenters. The van der Waals surface area contributed by atoms with E-state index in [2.05, 4.69) is 10.2 Å². The number of nitriles is 1. The number of aromatic nitrogens is 2. The van der Waals surface area contributed by atoms with Crippen LogP contribution in [0.15, 0.2) is 0 Å². The first kappa shape index (κ1) is 10.9. The minimum Gasteiger partial charge on any atom is -0.381 e. The van der Waals surface area contributed by atoms with Crippen LogP contribution in [-0.2, 0) is 4.74 Å². The van der Waals surface area contributed by atoms with Gasteiger partial charge in [-0.05, 0) is 0 Å². The zero-order valence-corrected chi connectivity index (χ0v) is 9.38. The van der Waals surface area contributed by atoms with Gasteiger partial charge in [-0.2, -0.15) is 10.4 Å². The summed E-state index contributed by atoms with van der Waals surface area (Å²) in [6, 6.07) is 2.00. The minimum atomic E-state index is 0.188. The third kappa shape index (κ3) is 1.85. The van der Waals surface area contributed by atoms with Gasteiger partial charge < -0.3 is 15.4 Å². The summed E-state index contributed by atoms with van der Waals surface area (Å²) >= 11 is 5.30. The zero-order valence-electron chi connectivity index (χ0n) is 8.56. The molecule has 3 N–H and O–H groups in total. The highest BCUT2D eigenvalue weighted by Crippen LogP contribution is 2.15. The minimum absolute atomic E-state index is 0.188. The Morgan fingerprint density at radius 1 is 1.56 bits per heavy atom. The molecule has 0 amide bonds. The molecule has 7 heteroatoms. The summed E-state index contributed by atoms with van der Waals surface area (Å²) in [7, 11) is 0. The lowest BCUT2D eigenvalue weighted by molar-refractivity contribution is 0.0692. The molecule has 1 aromatic heterocycles. The number of hydrogen-bond donors (Lipinski definition) is 2. The van der Waals surface area contributed by atoms with Crippen LogP contribution in [0.4, 0.5) is 5.82 Å². The van der Waals surface area contributed by atoms with Crippen molar-refractivity contribution < 1.29 is 4.74 Å². The second-order valence-electron chi connectivity index (χ2n) is 3.38. The van der Waals surface area contributed by atoms with Crippen LogP contribution in [0.2, 0.25) is 0 Å². The van der Waals surface area contributed by atoms with Crippen molar-refractivity contribution in [3.63, 3.8) is 0 Å². The van der Waals surface area contributed by atoms with Crippen molar-refractivity contribution in [2.45, 2.75) is 0 Å². The maximum atomic E-state index is 8.94. The van der Waals surface area contributed by atoms with Crippen LogP contribution < -0.4 is 5.73 Å². The van der Waals surface area contributed by atoms with Crippen molar-refractivity contribution in [1.29, 1.82) is 5.26 Å². The predicted octanol–water partition coefficient (Wildman–Crippen LogP) is -0.129. The SMILES string of the molecule is N#Cc1c(N)n[nH]c1C(=S)N1CCOCC1. The first-order chi connectivity index (χ1) is 7.74. The van der Waals surface area contributed by atoms with E-state index in [0.29, 0.717) is 29.5 Å². The smallest absolute Gasteiger partial charge is 0.163 e. The van der Waals surface area contributed by atoms with E-state index in [1.807, 2.05) is 11.0 Å². The van der Waals surface area contributed by atoms with Crippen molar-refractivity contribution in [3.05, 3.63) is 11.3 Å². The summed E-state index contributed by atoms with van der Waals surface area (Å²) in [5.41, 5.74) is 6.39. The quantitative estimate of drug-likeness (QED) is 0.661. The number of nitrogens with one attached hydrogen (secondary N) is 1. The van der Waals surface area contributed by atoms with Gasteiger partial charge in [-0.3, -0.25) is 5.10 Å². The molecule has 0 unspecified atom stereocenters. The highest BCUT2D eigenvalue weighted by atomic mass is 32.1. The second kappa shape index (κ2) is 4.47. The molecule has 84 valence electrons. The fourth-order valence-electron chi connectivity index (χ4n) is 1.55. The number of ether oxygens (including phenoxy) is 1. The Morgan fingerprint density at radius 2 is 2.25 bits per heavy atom. The molecule has 1 saturated heterocycles. The summed E-state index contributed by atoms with van der Waals surface area (Å²) < 4.78 is 5.23. The third-order valence-corrected chi connectivity index (χ3v) is 2.88. The molecule has 0 radical (unpaired) electrons. The molecule has 0 aromatic carbocycles. The first-order valence-corrected chi connectivity index (χ1v) is 5.26. The Kier molecular flexibility index (Phi) is 3.03. The topological polar surface area (TPSA) is 91.0 Å². The van der Waals surface area contributed by atoms with Crippen molar-refractivity contribution in [3.8, 4) is 6.07 Å². The van der Waals surface area contributed by atoms with Gasteiger partial charge in [-0.15, -0.1) is 0 Å². The van der Waals surface area contributed by atoms with Gasteiger partial charge in [0.15, 0.2) is 5.82 Å². The third-order valence-electron chi connectivity index (χ3n) is 2.42. The molecule has 1 aliphatic heterocycles. The largest absolute Gasteiger partial charge is 0.381 e. The van der Waals surface area contributed by atoms with E-state index >= 15 is 0 Å². The van der Waals surface area contributed by atoms with E-state index in [1.54, 1.807) is 0 Å². The lowest BCUT2D eigenvalue weighted by Gasteiger charge is -2.28. The van der Waals surface area contributed by atoms with E-state index in [1.165, 1.54) is 0 Å². The van der Waals surface area contributed by atoms with Gasteiger partial charge in [-0.1, -0.05) is 12.2 Å². The van der Waals surface area contributed by atoms with Crippen LogP contribution in [0.25, 0.3) is 0 Å². The number of nitrogens with two attached hydrogens (primary N) is 1. The molecule has 0 spiro atoms. The molecule has 0 aliphatic carbocycles. The molecule has 1 fully saturated rings. The van der Waals surface area contributed by atoms with Crippen LogP contribution in [-0.4, -0.2) is 46.4 Å². The number of rotatable bonds is 1. The Bertz CT molecular complexity index is 443. The number of hydrogen-bond acceptors (Lipinski definition) is 5. The lowest BCUT2D eigenvalue weighted by atomic mass is 10.2. The van der Waals surface area contributed by atoms with E-state index in [0.717, 1.165) is 13.1 Å². The number of nitrogens with zero attached hydrogens (tertiary/aromatic N) is 3. The average molecular weight is 237 g/mol. The standard InChI is InChI=1S/C9H11N5OS/c10-5-6-7(12-13-8(6)11)9(16)14-1-3-15-4-2-14/h1-4H2,(H3,11,12,13). The molecule has 0 bridgehead atoms. The highest BCUT2D eigenvalue weighted by molar-refractivity contribution is 7.80. The van der Waals surface area contributed by atoms with Gasteiger partial charge in [-0.25, -0.2) is 0 Å². The molecule has 1 aromatic rings. The average Bonchev–Trinajstić information content (AvgIpc) is 2.70. The molecular formula is C9H11N5OS. The molecule has 2 rings (SSSR count). The van der Waals surface area contributed by atoms with Crippen molar-refractivity contribution in [2.75, 3.05) is 32.0 Å². The summed E-state index contributed by atoms with van der Waals surface area (Å²) in [6.45, 7) is 2.74. The Labute approximate surface area is 98.0 Å². The number of thiocarbonyl (C=S) groups is 1. The fourth-order valence-corrected chi connectivity index (χ4v) is 1.88. The molecule has 16 heavy (non-hydrogen) atoms. The van der Waals surface area contributed by atoms with Gasteiger partial charge in [0.2, 0.25) is 0 Å². The highest BCUT2D eigenvalue weighted by Gasteiger charge is 2.21. The Hall–Kier alpha value is -1.65. The zero-order chi connectivity index (χ0) is 11.5. The van der Waals surface area contributed by atoms with Crippen LogP contribution in [0, 0.1) is 11.3 Å². The number of morpholine rings is 1. The molecule has 0 saturated carbocycles. The summed E-state index contributed by atoms with van der Waals surface area (Å²) in [6.07, 6.45) is 0. The summed E-state index contributed by atoms with van der Waals surface area (Å²) in [5.74, 6) is 0.188. The summed E-state index contributed by atoms with van der Waals surface area (Å²) in [4.78, 5) is 2.55. The van der Waals surface area contributed by atoms with E-state index in [9.17, 15) is 0 Å². The number of anilines is 1. The molecule has 6 nitrogen and oxygen atoms in total. The Balaban J connectivity index is 2.23.